The van der Waals surface area contributed by atoms with Crippen molar-refractivity contribution < 1.29 is 9.90 Å². The maximum absolute atomic E-state index is 13.1. The Balaban J connectivity index is 1.47. The first-order valence-electron chi connectivity index (χ1n) is 11.6. The zero-order chi connectivity index (χ0) is 25.8. The second kappa shape index (κ2) is 10.5. The summed E-state index contributed by atoms with van der Waals surface area (Å²) in [5, 5.41) is 27.8. The van der Waals surface area contributed by atoms with Gasteiger partial charge < -0.3 is 10.0 Å². The predicted molar refractivity (Wildman–Crippen MR) is 133 cm³/mol. The number of nitrogens with zero attached hydrogens (tertiary/aromatic N) is 9. The molecule has 1 fully saturated rings. The summed E-state index contributed by atoms with van der Waals surface area (Å²) in [5.74, 6) is 0.197. The van der Waals surface area contributed by atoms with Crippen LogP contribution in [-0.4, -0.2) is 73.8 Å². The van der Waals surface area contributed by atoms with E-state index in [-0.39, 0.29) is 23.9 Å². The van der Waals surface area contributed by atoms with Gasteiger partial charge in [-0.2, -0.15) is 15.0 Å². The zero-order valence-corrected chi connectivity index (χ0v) is 20.4. The largest absolute Gasteiger partial charge is 0.493 e. The van der Waals surface area contributed by atoms with Crippen LogP contribution in [0.25, 0.3) is 27.4 Å². The molecule has 1 aromatic carbocycles. The third kappa shape index (κ3) is 4.86. The molecule has 1 aliphatic rings. The van der Waals surface area contributed by atoms with E-state index in [0.29, 0.717) is 48.7 Å². The molecule has 4 rings (SSSR count). The molecule has 0 spiro atoms. The first kappa shape index (κ1) is 24.7. The van der Waals surface area contributed by atoms with Gasteiger partial charge in [0.1, 0.15) is 0 Å². The molecule has 0 radical (unpaired) electrons. The van der Waals surface area contributed by atoms with Crippen LogP contribution in [0.3, 0.4) is 0 Å². The Morgan fingerprint density at radius 1 is 1.31 bits per heavy atom. The number of pyridine rings is 1. The van der Waals surface area contributed by atoms with E-state index in [1.165, 1.54) is 10.9 Å². The molecule has 11 heteroatoms. The summed E-state index contributed by atoms with van der Waals surface area (Å²) < 4.78 is 1.31. The number of aromatic nitrogens is 3. The van der Waals surface area contributed by atoms with Crippen LogP contribution in [0.2, 0.25) is 0 Å². The Morgan fingerprint density at radius 3 is 2.75 bits per heavy atom. The maximum Gasteiger partial charge on any atom is 0.255 e. The number of benzene rings is 1. The summed E-state index contributed by atoms with van der Waals surface area (Å²) in [7, 11) is 0. The van der Waals surface area contributed by atoms with E-state index < -0.39 is 0 Å². The van der Waals surface area contributed by atoms with Crippen LogP contribution < -0.4 is 0 Å². The Labute approximate surface area is 208 Å². The molecule has 0 saturated carbocycles. The normalized spacial score (nSPS) is 16.7. The van der Waals surface area contributed by atoms with Crippen LogP contribution in [-0.2, 0) is 0 Å². The Hall–Kier alpha value is -4.39. The number of hydrogen-bond acceptors (Lipinski definition) is 7. The summed E-state index contributed by atoms with van der Waals surface area (Å²) >= 11 is 0. The Bertz CT molecular complexity index is 1350. The van der Waals surface area contributed by atoms with Gasteiger partial charge in [0.25, 0.3) is 5.91 Å². The van der Waals surface area contributed by atoms with Crippen LogP contribution in [0.15, 0.2) is 47.8 Å². The van der Waals surface area contributed by atoms with Gasteiger partial charge in [-0.1, -0.05) is 11.2 Å². The molecular weight excluding hydrogens is 458 g/mol. The van der Waals surface area contributed by atoms with Crippen molar-refractivity contribution in [3.63, 3.8) is 0 Å². The average molecular weight is 486 g/mol. The van der Waals surface area contributed by atoms with Crippen molar-refractivity contribution in [1.82, 2.24) is 24.6 Å². The molecule has 1 N–H and O–H groups in total. The molecule has 1 unspecified atom stereocenters. The van der Waals surface area contributed by atoms with Crippen LogP contribution in [0.5, 0.6) is 5.88 Å². The van der Waals surface area contributed by atoms with Gasteiger partial charge in [-0.05, 0) is 61.7 Å². The zero-order valence-electron chi connectivity index (χ0n) is 20.4. The van der Waals surface area contributed by atoms with Crippen molar-refractivity contribution in [2.45, 2.75) is 32.9 Å². The minimum Gasteiger partial charge on any atom is -0.493 e. The van der Waals surface area contributed by atoms with E-state index in [0.717, 1.165) is 11.1 Å². The monoisotopic (exact) mass is 485 g/mol. The SMILES string of the molecule is Cc1cc(C#N)ccc1-c1cnn(-c2ccc(C(=O)N3CCN(C(C)CN=[N+]=[N-])[C@H](C)C3)cn2)c1O. The fourth-order valence-corrected chi connectivity index (χ4v) is 4.63. The summed E-state index contributed by atoms with van der Waals surface area (Å²) in [6.45, 7) is 8.16. The molecule has 1 aliphatic heterocycles. The number of carbonyl (C=O) groups excluding carboxylic acids is 1. The topological polar surface area (TPSA) is 147 Å². The summed E-state index contributed by atoms with van der Waals surface area (Å²) in [5.41, 5.74) is 11.7. The van der Waals surface area contributed by atoms with Gasteiger partial charge in [0.15, 0.2) is 5.82 Å². The molecule has 0 aliphatic carbocycles. The van der Waals surface area contributed by atoms with Crippen LogP contribution >= 0.6 is 0 Å². The first-order valence-corrected chi connectivity index (χ1v) is 11.6. The van der Waals surface area contributed by atoms with Gasteiger partial charge in [-0.15, -0.1) is 0 Å². The fraction of sp³-hybridized carbons (Fsp3) is 0.360. The molecule has 3 heterocycles. The molecule has 36 heavy (non-hydrogen) atoms. The van der Waals surface area contributed by atoms with Crippen molar-refractivity contribution in [2.75, 3.05) is 26.2 Å². The quantitative estimate of drug-likeness (QED) is 0.320. The lowest BCUT2D eigenvalue weighted by molar-refractivity contribution is 0.0412. The predicted octanol–water partition coefficient (Wildman–Crippen LogP) is 3.67. The number of piperazine rings is 1. The fourth-order valence-electron chi connectivity index (χ4n) is 4.63. The van der Waals surface area contributed by atoms with Gasteiger partial charge in [0.2, 0.25) is 5.88 Å². The van der Waals surface area contributed by atoms with Crippen LogP contribution in [0, 0.1) is 18.3 Å². The Kier molecular flexibility index (Phi) is 7.20. The van der Waals surface area contributed by atoms with E-state index in [9.17, 15) is 9.90 Å². The highest BCUT2D eigenvalue weighted by Crippen LogP contribution is 2.33. The lowest BCUT2D eigenvalue weighted by atomic mass is 10.0. The number of aromatic hydroxyl groups is 1. The van der Waals surface area contributed by atoms with Gasteiger partial charge >= 0.3 is 0 Å². The molecule has 0 bridgehead atoms. The third-order valence-corrected chi connectivity index (χ3v) is 6.54. The minimum atomic E-state index is -0.109. The number of hydrogen-bond donors (Lipinski definition) is 1. The number of carbonyl (C=O) groups is 1. The number of aryl methyl sites for hydroxylation is 1. The van der Waals surface area contributed by atoms with Crippen LogP contribution in [0.4, 0.5) is 0 Å². The van der Waals surface area contributed by atoms with Gasteiger partial charge in [-0.3, -0.25) is 9.69 Å². The summed E-state index contributed by atoms with van der Waals surface area (Å²) in [6.07, 6.45) is 3.04. The lowest BCUT2D eigenvalue weighted by Crippen LogP contribution is -2.56. The Morgan fingerprint density at radius 2 is 2.11 bits per heavy atom. The molecule has 2 aromatic heterocycles. The molecule has 3 aromatic rings. The van der Waals surface area contributed by atoms with Crippen molar-refractivity contribution in [3.8, 4) is 28.9 Å². The maximum atomic E-state index is 13.1. The number of amides is 1. The molecule has 1 amide bonds. The standard InChI is InChI=1S/C25H27N9O2/c1-16-10-19(11-26)4-6-21(16)22-14-30-34(25(22)36)23-7-5-20(13-28-23)24(35)32-8-9-33(18(3)15-32)17(2)12-29-31-27/h4-7,10,13-14,17-18,36H,8-9,12,15H2,1-3H3/t17?,18-/m1/s1. The molecule has 2 atom stereocenters. The smallest absolute Gasteiger partial charge is 0.255 e. The molecule has 11 nitrogen and oxygen atoms in total. The highest BCUT2D eigenvalue weighted by molar-refractivity contribution is 5.94. The van der Waals surface area contributed by atoms with Gasteiger partial charge in [-0.25, -0.2) is 4.98 Å². The van der Waals surface area contributed by atoms with Crippen LogP contribution in [0.1, 0.15) is 35.3 Å². The van der Waals surface area contributed by atoms with E-state index in [2.05, 4.69) is 38.0 Å². The highest BCUT2D eigenvalue weighted by Gasteiger charge is 2.30. The van der Waals surface area contributed by atoms with Gasteiger partial charge in [0.05, 0.1) is 29.0 Å². The van der Waals surface area contributed by atoms with E-state index in [1.54, 1.807) is 41.4 Å². The van der Waals surface area contributed by atoms with Crippen molar-refractivity contribution in [1.29, 1.82) is 5.26 Å². The number of rotatable bonds is 6. The molecular formula is C25H27N9O2. The van der Waals surface area contributed by atoms with Crippen molar-refractivity contribution in [2.24, 2.45) is 5.11 Å². The summed E-state index contributed by atoms with van der Waals surface area (Å²) in [6, 6.07) is 10.9. The van der Waals surface area contributed by atoms with E-state index in [1.807, 2.05) is 13.8 Å². The first-order chi connectivity index (χ1) is 17.3. The van der Waals surface area contributed by atoms with E-state index >= 15 is 0 Å². The summed E-state index contributed by atoms with van der Waals surface area (Å²) in [4.78, 5) is 24.3. The second-order valence-corrected chi connectivity index (χ2v) is 8.94. The number of azide groups is 1. The van der Waals surface area contributed by atoms with E-state index in [4.69, 9.17) is 10.8 Å². The average Bonchev–Trinajstić information content (AvgIpc) is 3.27. The molecule has 184 valence electrons. The lowest BCUT2D eigenvalue weighted by Gasteiger charge is -2.42. The third-order valence-electron chi connectivity index (χ3n) is 6.54. The number of nitriles is 1. The van der Waals surface area contributed by atoms with Gasteiger partial charge in [0, 0.05) is 49.4 Å². The van der Waals surface area contributed by atoms with Crippen molar-refractivity contribution >= 4 is 5.91 Å². The minimum absolute atomic E-state index is 0.0748. The second-order valence-electron chi connectivity index (χ2n) is 8.94. The molecule has 1 saturated heterocycles. The highest BCUT2D eigenvalue weighted by atomic mass is 16.3. The van der Waals surface area contributed by atoms with Crippen molar-refractivity contribution in [3.05, 3.63) is 69.9 Å².